The van der Waals surface area contributed by atoms with Crippen LogP contribution in [0.5, 0.6) is 17.2 Å². The van der Waals surface area contributed by atoms with E-state index in [1.165, 1.54) is 0 Å². The summed E-state index contributed by atoms with van der Waals surface area (Å²) in [5, 5.41) is 7.82. The van der Waals surface area contributed by atoms with Gasteiger partial charge in [-0.1, -0.05) is 17.7 Å². The van der Waals surface area contributed by atoms with Crippen LogP contribution in [0.15, 0.2) is 48.7 Å². The van der Waals surface area contributed by atoms with E-state index >= 15 is 0 Å². The van der Waals surface area contributed by atoms with Gasteiger partial charge in [-0.25, -0.2) is 4.68 Å². The zero-order valence-electron chi connectivity index (χ0n) is 17.1. The van der Waals surface area contributed by atoms with Gasteiger partial charge >= 0.3 is 0 Å². The van der Waals surface area contributed by atoms with Gasteiger partial charge in [0.2, 0.25) is 0 Å². The number of carbonyl (C=O) groups is 1. The van der Waals surface area contributed by atoms with Crippen molar-refractivity contribution < 1.29 is 19.0 Å². The Bertz CT molecular complexity index is 1020. The number of carbonyl (C=O) groups excluding carboxylic acids is 1. The second-order valence-electron chi connectivity index (χ2n) is 6.62. The molecule has 0 radical (unpaired) electrons. The van der Waals surface area contributed by atoms with Crippen molar-refractivity contribution in [1.29, 1.82) is 0 Å². The lowest BCUT2D eigenvalue weighted by atomic mass is 10.1. The van der Waals surface area contributed by atoms with E-state index in [0.717, 1.165) is 11.1 Å². The van der Waals surface area contributed by atoms with Crippen LogP contribution in [-0.2, 0) is 13.2 Å². The first kappa shape index (κ1) is 21.5. The molecule has 1 amide bonds. The summed E-state index contributed by atoms with van der Waals surface area (Å²) in [6.45, 7) is 2.58. The van der Waals surface area contributed by atoms with Crippen LogP contribution >= 0.6 is 11.6 Å². The first-order chi connectivity index (χ1) is 14.5. The Hall–Kier alpha value is -3.19. The van der Waals surface area contributed by atoms with Crippen molar-refractivity contribution in [3.8, 4) is 17.2 Å². The number of rotatable bonds is 9. The number of nitrogens with one attached hydrogen (secondary N) is 1. The molecule has 0 atom stereocenters. The van der Waals surface area contributed by atoms with Crippen molar-refractivity contribution in [1.82, 2.24) is 15.1 Å². The number of halogens is 1. The molecule has 0 aliphatic heterocycles. The van der Waals surface area contributed by atoms with Gasteiger partial charge in [-0.05, 0) is 60.9 Å². The van der Waals surface area contributed by atoms with Crippen LogP contribution in [0.1, 0.15) is 21.6 Å². The summed E-state index contributed by atoms with van der Waals surface area (Å²) >= 11 is 6.02. The summed E-state index contributed by atoms with van der Waals surface area (Å²) in [4.78, 5) is 12.3. The molecule has 8 heteroatoms. The van der Waals surface area contributed by atoms with Gasteiger partial charge < -0.3 is 19.5 Å². The van der Waals surface area contributed by atoms with Crippen LogP contribution < -0.4 is 19.5 Å². The average molecular weight is 430 g/mol. The molecule has 0 bridgehead atoms. The molecule has 0 fully saturated rings. The summed E-state index contributed by atoms with van der Waals surface area (Å²) < 4.78 is 17.8. The van der Waals surface area contributed by atoms with Crippen molar-refractivity contribution in [2.24, 2.45) is 0 Å². The molecule has 3 aromatic rings. The molecule has 0 aliphatic rings. The molecule has 30 heavy (non-hydrogen) atoms. The summed E-state index contributed by atoms with van der Waals surface area (Å²) in [6, 6.07) is 12.8. The van der Waals surface area contributed by atoms with E-state index in [1.54, 1.807) is 43.3 Å². The van der Waals surface area contributed by atoms with E-state index in [-0.39, 0.29) is 12.6 Å². The maximum Gasteiger partial charge on any atom is 0.271 e. The Labute approximate surface area is 180 Å². The lowest BCUT2D eigenvalue weighted by Crippen LogP contribution is -2.26. The first-order valence-electron chi connectivity index (χ1n) is 9.41. The van der Waals surface area contributed by atoms with Crippen molar-refractivity contribution in [2.45, 2.75) is 20.1 Å². The van der Waals surface area contributed by atoms with Crippen LogP contribution in [0.4, 0.5) is 0 Å². The van der Waals surface area contributed by atoms with Gasteiger partial charge in [-0.15, -0.1) is 0 Å². The third-order valence-corrected chi connectivity index (χ3v) is 4.94. The first-order valence-corrected chi connectivity index (χ1v) is 9.79. The van der Waals surface area contributed by atoms with Crippen molar-refractivity contribution >= 4 is 17.5 Å². The van der Waals surface area contributed by atoms with E-state index in [9.17, 15) is 4.79 Å². The summed E-state index contributed by atoms with van der Waals surface area (Å²) in [5.74, 6) is 1.78. The van der Waals surface area contributed by atoms with Crippen LogP contribution in [0.25, 0.3) is 0 Å². The summed E-state index contributed by atoms with van der Waals surface area (Å²) in [5.41, 5.74) is 2.30. The second-order valence-corrected chi connectivity index (χ2v) is 7.03. The van der Waals surface area contributed by atoms with Gasteiger partial charge in [0.1, 0.15) is 11.4 Å². The van der Waals surface area contributed by atoms with Gasteiger partial charge in [0.15, 0.2) is 18.2 Å². The maximum atomic E-state index is 12.3. The highest BCUT2D eigenvalue weighted by Gasteiger charge is 2.10. The van der Waals surface area contributed by atoms with Crippen LogP contribution in [0.3, 0.4) is 0 Å². The van der Waals surface area contributed by atoms with Crippen LogP contribution in [-0.4, -0.2) is 36.5 Å². The molecule has 3 rings (SSSR count). The highest BCUT2D eigenvalue weighted by molar-refractivity contribution is 6.31. The molecule has 1 N–H and O–H groups in total. The number of ether oxygens (including phenoxy) is 3. The zero-order chi connectivity index (χ0) is 21.5. The van der Waals surface area contributed by atoms with Gasteiger partial charge in [0.05, 0.1) is 14.2 Å². The number of hydrogen-bond donors (Lipinski definition) is 1. The van der Waals surface area contributed by atoms with E-state index in [0.29, 0.717) is 40.9 Å². The number of hydrogen-bond acceptors (Lipinski definition) is 5. The number of methoxy groups -OCH3 is 2. The number of benzene rings is 2. The maximum absolute atomic E-state index is 12.3. The molecule has 0 saturated carbocycles. The smallest absolute Gasteiger partial charge is 0.271 e. The van der Waals surface area contributed by atoms with Crippen LogP contribution in [0.2, 0.25) is 5.02 Å². The molecule has 7 nitrogen and oxygen atoms in total. The molecule has 1 heterocycles. The van der Waals surface area contributed by atoms with Gasteiger partial charge in [-0.3, -0.25) is 4.79 Å². The number of nitrogens with zero attached hydrogens (tertiary/aromatic N) is 2. The van der Waals surface area contributed by atoms with E-state index < -0.39 is 0 Å². The molecule has 0 unspecified atom stereocenters. The fourth-order valence-electron chi connectivity index (χ4n) is 2.85. The Morgan fingerprint density at radius 2 is 1.90 bits per heavy atom. The van der Waals surface area contributed by atoms with Crippen molar-refractivity contribution in [2.75, 3.05) is 20.8 Å². The number of aromatic nitrogens is 2. The Morgan fingerprint density at radius 1 is 1.10 bits per heavy atom. The molecular formula is C22H24ClN3O4. The lowest BCUT2D eigenvalue weighted by Gasteiger charge is -2.10. The predicted molar refractivity (Wildman–Crippen MR) is 115 cm³/mol. The standard InChI is InChI=1S/C22H24ClN3O4/c1-15-12-17(5-6-18(15)23)30-14-26-11-9-19(25-26)22(27)24-10-8-16-4-7-20(28-2)21(13-16)29-3/h4-7,9,11-13H,8,10,14H2,1-3H3,(H,24,27). The SMILES string of the molecule is COc1ccc(CCNC(=O)c2ccn(COc3ccc(Cl)c(C)c3)n2)cc1OC. The quantitative estimate of drug-likeness (QED) is 0.559. The minimum atomic E-state index is -0.239. The number of aryl methyl sites for hydroxylation is 1. The molecule has 0 aliphatic carbocycles. The normalized spacial score (nSPS) is 10.5. The fourth-order valence-corrected chi connectivity index (χ4v) is 2.97. The van der Waals surface area contributed by atoms with Crippen molar-refractivity contribution in [3.63, 3.8) is 0 Å². The van der Waals surface area contributed by atoms with Gasteiger partial charge in [0.25, 0.3) is 5.91 Å². The lowest BCUT2D eigenvalue weighted by molar-refractivity contribution is 0.0947. The minimum Gasteiger partial charge on any atom is -0.493 e. The largest absolute Gasteiger partial charge is 0.493 e. The molecule has 1 aromatic heterocycles. The summed E-state index contributed by atoms with van der Waals surface area (Å²) in [7, 11) is 3.19. The highest BCUT2D eigenvalue weighted by atomic mass is 35.5. The minimum absolute atomic E-state index is 0.194. The zero-order valence-corrected chi connectivity index (χ0v) is 17.9. The van der Waals surface area contributed by atoms with Crippen molar-refractivity contribution in [3.05, 3.63) is 70.5 Å². The highest BCUT2D eigenvalue weighted by Crippen LogP contribution is 2.27. The van der Waals surface area contributed by atoms with E-state index in [2.05, 4.69) is 10.4 Å². The van der Waals surface area contributed by atoms with Gasteiger partial charge in [-0.2, -0.15) is 5.10 Å². The third kappa shape index (κ3) is 5.45. The molecule has 158 valence electrons. The molecule has 2 aromatic carbocycles. The number of amides is 1. The second kappa shape index (κ2) is 10.0. The third-order valence-electron chi connectivity index (χ3n) is 4.51. The monoisotopic (exact) mass is 429 g/mol. The average Bonchev–Trinajstić information content (AvgIpc) is 3.23. The molecule has 0 spiro atoms. The van der Waals surface area contributed by atoms with Crippen LogP contribution in [0, 0.1) is 6.92 Å². The summed E-state index contributed by atoms with van der Waals surface area (Å²) in [6.07, 6.45) is 2.36. The fraction of sp³-hybridized carbons (Fsp3) is 0.273. The topological polar surface area (TPSA) is 74.6 Å². The predicted octanol–water partition coefficient (Wildman–Crippen LogP) is 3.87. The molecular weight excluding hydrogens is 406 g/mol. The Morgan fingerprint density at radius 3 is 2.63 bits per heavy atom. The Kier molecular flexibility index (Phi) is 7.19. The Balaban J connectivity index is 1.49. The van der Waals surface area contributed by atoms with E-state index in [4.69, 9.17) is 25.8 Å². The molecule has 0 saturated heterocycles. The van der Waals surface area contributed by atoms with E-state index in [1.807, 2.05) is 31.2 Å². The van der Waals surface area contributed by atoms with Gasteiger partial charge in [0, 0.05) is 17.8 Å².